The van der Waals surface area contributed by atoms with Crippen LogP contribution in [0, 0.1) is 0 Å². The molecule has 2 heterocycles. The number of aromatic nitrogens is 3. The molecular formula is C11H12N4S2. The van der Waals surface area contributed by atoms with Crippen molar-refractivity contribution in [2.75, 3.05) is 0 Å². The molecule has 0 spiro atoms. The molecule has 1 fully saturated rings. The Kier molecular flexibility index (Phi) is 3.35. The van der Waals surface area contributed by atoms with Gasteiger partial charge in [-0.25, -0.2) is 4.98 Å². The summed E-state index contributed by atoms with van der Waals surface area (Å²) < 4.78 is 0.932. The van der Waals surface area contributed by atoms with Crippen molar-refractivity contribution in [2.24, 2.45) is 0 Å². The molecule has 0 amide bonds. The maximum absolute atomic E-state index is 4.41. The second-order valence-electron chi connectivity index (χ2n) is 3.97. The lowest BCUT2D eigenvalue weighted by molar-refractivity contribution is 0.685. The second kappa shape index (κ2) is 5.12. The number of pyridine rings is 1. The van der Waals surface area contributed by atoms with Crippen LogP contribution in [0.5, 0.6) is 0 Å². The average Bonchev–Trinajstić information content (AvgIpc) is 3.05. The first-order valence-electron chi connectivity index (χ1n) is 5.52. The minimum absolute atomic E-state index is 0.741. The van der Waals surface area contributed by atoms with Gasteiger partial charge in [-0.3, -0.25) is 0 Å². The molecule has 1 aliphatic rings. The van der Waals surface area contributed by atoms with Gasteiger partial charge in [0.05, 0.1) is 0 Å². The van der Waals surface area contributed by atoms with Crippen LogP contribution in [0.3, 0.4) is 0 Å². The van der Waals surface area contributed by atoms with Crippen molar-refractivity contribution in [1.82, 2.24) is 20.5 Å². The Morgan fingerprint density at radius 3 is 3.00 bits per heavy atom. The molecule has 1 N–H and O–H groups in total. The average molecular weight is 264 g/mol. The highest BCUT2D eigenvalue weighted by molar-refractivity contribution is 8.00. The van der Waals surface area contributed by atoms with Gasteiger partial charge in [0.2, 0.25) is 0 Å². The van der Waals surface area contributed by atoms with Crippen molar-refractivity contribution in [3.63, 3.8) is 0 Å². The summed E-state index contributed by atoms with van der Waals surface area (Å²) in [6, 6.07) is 4.90. The van der Waals surface area contributed by atoms with Crippen molar-refractivity contribution in [1.29, 1.82) is 0 Å². The molecular weight excluding hydrogens is 252 g/mol. The molecule has 2 aromatic heterocycles. The van der Waals surface area contributed by atoms with Crippen LogP contribution >= 0.6 is 23.1 Å². The molecule has 1 aliphatic carbocycles. The third kappa shape index (κ3) is 3.24. The van der Waals surface area contributed by atoms with Gasteiger partial charge in [0.25, 0.3) is 0 Å². The number of nitrogens with one attached hydrogen (secondary N) is 1. The molecule has 2 aromatic rings. The minimum Gasteiger partial charge on any atom is -0.310 e. The van der Waals surface area contributed by atoms with Gasteiger partial charge in [0.15, 0.2) is 4.34 Å². The maximum atomic E-state index is 4.41. The van der Waals surface area contributed by atoms with E-state index in [1.807, 2.05) is 12.3 Å². The summed E-state index contributed by atoms with van der Waals surface area (Å²) in [4.78, 5) is 4.41. The van der Waals surface area contributed by atoms with Crippen LogP contribution in [0.2, 0.25) is 0 Å². The predicted octanol–water partition coefficient (Wildman–Crippen LogP) is 2.34. The molecule has 0 bridgehead atoms. The first kappa shape index (κ1) is 11.1. The third-order valence-corrected chi connectivity index (χ3v) is 4.23. The van der Waals surface area contributed by atoms with Crippen molar-refractivity contribution in [3.8, 4) is 0 Å². The predicted molar refractivity (Wildman–Crippen MR) is 68.1 cm³/mol. The summed E-state index contributed by atoms with van der Waals surface area (Å²) in [5.41, 5.74) is 2.97. The summed E-state index contributed by atoms with van der Waals surface area (Å²) in [6.07, 6.45) is 4.57. The second-order valence-corrected chi connectivity index (χ2v) is 6.07. The minimum atomic E-state index is 0.741. The van der Waals surface area contributed by atoms with E-state index >= 15 is 0 Å². The fraction of sp³-hybridized carbons (Fsp3) is 0.364. The lowest BCUT2D eigenvalue weighted by Crippen LogP contribution is -2.15. The lowest BCUT2D eigenvalue weighted by Gasteiger charge is -2.03. The highest BCUT2D eigenvalue weighted by Gasteiger charge is 2.19. The number of hydrogen-bond acceptors (Lipinski definition) is 6. The highest BCUT2D eigenvalue weighted by Crippen LogP contribution is 2.26. The van der Waals surface area contributed by atoms with E-state index in [0.717, 1.165) is 22.0 Å². The first-order valence-corrected chi connectivity index (χ1v) is 7.22. The van der Waals surface area contributed by atoms with Crippen LogP contribution in [0.1, 0.15) is 18.4 Å². The Bertz CT molecular complexity index is 465. The van der Waals surface area contributed by atoms with Gasteiger partial charge in [-0.05, 0) is 36.2 Å². The molecule has 88 valence electrons. The lowest BCUT2D eigenvalue weighted by atomic mass is 10.3. The molecule has 0 saturated heterocycles. The monoisotopic (exact) mass is 264 g/mol. The molecule has 0 unspecified atom stereocenters. The van der Waals surface area contributed by atoms with Crippen molar-refractivity contribution < 1.29 is 0 Å². The van der Waals surface area contributed by atoms with E-state index in [9.17, 15) is 0 Å². The van der Waals surface area contributed by atoms with Gasteiger partial charge in [0.1, 0.15) is 10.5 Å². The molecule has 17 heavy (non-hydrogen) atoms. The Morgan fingerprint density at radius 2 is 2.35 bits per heavy atom. The van der Waals surface area contributed by atoms with Gasteiger partial charge in [-0.2, -0.15) is 0 Å². The van der Waals surface area contributed by atoms with E-state index in [-0.39, 0.29) is 0 Å². The van der Waals surface area contributed by atoms with Gasteiger partial charge in [-0.1, -0.05) is 17.4 Å². The number of hydrogen-bond donors (Lipinski definition) is 1. The van der Waals surface area contributed by atoms with Crippen molar-refractivity contribution in [3.05, 3.63) is 29.4 Å². The van der Waals surface area contributed by atoms with Crippen molar-refractivity contribution in [2.45, 2.75) is 34.8 Å². The molecule has 3 rings (SSSR count). The van der Waals surface area contributed by atoms with Crippen molar-refractivity contribution >= 4 is 23.1 Å². The summed E-state index contributed by atoms with van der Waals surface area (Å²) in [5, 5.41) is 12.2. The topological polar surface area (TPSA) is 50.7 Å². The smallest absolute Gasteiger partial charge is 0.180 e. The standard InChI is InChI=1S/C11H12N4S2/c1-4-10(17-11-15-14-7-16-11)13-6-8(1)5-12-9-2-3-9/h1,4,6-7,9,12H,2-3,5H2. The quantitative estimate of drug-likeness (QED) is 0.898. The van der Waals surface area contributed by atoms with Gasteiger partial charge in [-0.15, -0.1) is 10.2 Å². The molecule has 0 aliphatic heterocycles. The summed E-state index contributed by atoms with van der Waals surface area (Å²) in [5.74, 6) is 0. The third-order valence-electron chi connectivity index (χ3n) is 2.50. The molecule has 0 atom stereocenters. The Balaban J connectivity index is 1.58. The van der Waals surface area contributed by atoms with Gasteiger partial charge >= 0.3 is 0 Å². The molecule has 4 nitrogen and oxygen atoms in total. The molecule has 6 heteroatoms. The van der Waals surface area contributed by atoms with E-state index in [1.165, 1.54) is 29.7 Å². The van der Waals surface area contributed by atoms with Crippen LogP contribution < -0.4 is 5.32 Å². The zero-order chi connectivity index (χ0) is 11.5. The Morgan fingerprint density at radius 1 is 1.41 bits per heavy atom. The number of rotatable bonds is 5. The largest absolute Gasteiger partial charge is 0.310 e. The Labute approximate surface area is 108 Å². The van der Waals surface area contributed by atoms with E-state index in [0.29, 0.717) is 0 Å². The van der Waals surface area contributed by atoms with E-state index in [4.69, 9.17) is 0 Å². The number of nitrogens with zero attached hydrogens (tertiary/aromatic N) is 3. The van der Waals surface area contributed by atoms with E-state index < -0.39 is 0 Å². The van der Waals surface area contributed by atoms with Gasteiger partial charge < -0.3 is 5.32 Å². The fourth-order valence-corrected chi connectivity index (χ4v) is 2.79. The van der Waals surface area contributed by atoms with Crippen LogP contribution in [0.25, 0.3) is 0 Å². The van der Waals surface area contributed by atoms with Crippen LogP contribution in [-0.2, 0) is 6.54 Å². The Hall–Kier alpha value is -0.980. The van der Waals surface area contributed by atoms with Crippen LogP contribution in [0.4, 0.5) is 0 Å². The molecule has 1 saturated carbocycles. The summed E-state index contributed by atoms with van der Waals surface area (Å²) in [7, 11) is 0. The van der Waals surface area contributed by atoms with Gasteiger partial charge in [0, 0.05) is 18.8 Å². The maximum Gasteiger partial charge on any atom is 0.180 e. The zero-order valence-corrected chi connectivity index (χ0v) is 10.8. The van der Waals surface area contributed by atoms with Crippen LogP contribution in [-0.4, -0.2) is 21.2 Å². The van der Waals surface area contributed by atoms with E-state index in [1.54, 1.807) is 17.3 Å². The van der Waals surface area contributed by atoms with E-state index in [2.05, 4.69) is 26.6 Å². The zero-order valence-electron chi connectivity index (χ0n) is 9.17. The first-order chi connectivity index (χ1) is 8.40. The molecule has 0 radical (unpaired) electrons. The summed E-state index contributed by atoms with van der Waals surface area (Å²) >= 11 is 3.09. The summed E-state index contributed by atoms with van der Waals surface area (Å²) in [6.45, 7) is 0.918. The molecule has 0 aromatic carbocycles. The van der Waals surface area contributed by atoms with Crippen LogP contribution in [0.15, 0.2) is 33.2 Å². The highest BCUT2D eigenvalue weighted by atomic mass is 32.2. The normalized spacial score (nSPS) is 15.1. The fourth-order valence-electron chi connectivity index (χ4n) is 1.42. The SMILES string of the molecule is c1nnc(Sc2ccc(CNC3CC3)cn2)s1.